The van der Waals surface area contributed by atoms with Crippen molar-refractivity contribution in [2.75, 3.05) is 5.73 Å². The van der Waals surface area contributed by atoms with Gasteiger partial charge in [-0.05, 0) is 30.7 Å². The fourth-order valence-corrected chi connectivity index (χ4v) is 1.50. The number of hydrogen-bond acceptors (Lipinski definition) is 2. The normalized spacial score (nSPS) is 10.3. The number of nitrogen functional groups attached to an aromatic ring is 1. The van der Waals surface area contributed by atoms with Crippen molar-refractivity contribution in [1.29, 1.82) is 0 Å². The van der Waals surface area contributed by atoms with Gasteiger partial charge in [-0.15, -0.1) is 0 Å². The number of hydrogen-bond donors (Lipinski definition) is 1. The second-order valence-electron chi connectivity index (χ2n) is 3.39. The van der Waals surface area contributed by atoms with Crippen LogP contribution >= 0.6 is 0 Å². The molecule has 2 nitrogen and oxygen atoms in total. The Hall–Kier alpha value is -1.90. The van der Waals surface area contributed by atoms with Crippen LogP contribution < -0.4 is 5.73 Å². The van der Waals surface area contributed by atoms with Gasteiger partial charge in [0.25, 0.3) is 0 Å². The van der Waals surface area contributed by atoms with E-state index < -0.39 is 0 Å². The van der Waals surface area contributed by atoms with Gasteiger partial charge in [-0.1, -0.05) is 12.1 Å². The molecule has 0 unspecified atom stereocenters. The third kappa shape index (κ3) is 1.81. The molecule has 0 aliphatic carbocycles. The smallest absolute Gasteiger partial charge is 0.146 e. The van der Waals surface area contributed by atoms with Crippen LogP contribution in [0.25, 0.3) is 11.1 Å². The van der Waals surface area contributed by atoms with Gasteiger partial charge in [-0.3, -0.25) is 4.98 Å². The predicted octanol–water partition coefficient (Wildman–Crippen LogP) is 2.78. The first-order chi connectivity index (χ1) is 7.18. The molecule has 0 bridgehead atoms. The van der Waals surface area contributed by atoms with Gasteiger partial charge in [-0.2, -0.15) is 0 Å². The largest absolute Gasteiger partial charge is 0.396 e. The summed E-state index contributed by atoms with van der Waals surface area (Å²) in [5.74, 6) is -0.387. The van der Waals surface area contributed by atoms with Crippen molar-refractivity contribution in [2.45, 2.75) is 6.92 Å². The fraction of sp³-hybridized carbons (Fsp3) is 0.0833. The molecule has 2 aromatic rings. The summed E-state index contributed by atoms with van der Waals surface area (Å²) in [5.41, 5.74) is 8.34. The summed E-state index contributed by atoms with van der Waals surface area (Å²) in [6.07, 6.45) is 1.69. The predicted molar refractivity (Wildman–Crippen MR) is 58.8 cm³/mol. The standard InChI is InChI=1S/C12H11FN2/c1-8-7-9(5-6-15-8)10-3-2-4-11(13)12(10)14/h2-7H,14H2,1H3. The molecule has 2 N–H and O–H groups in total. The molecule has 0 amide bonds. The number of benzene rings is 1. The minimum absolute atomic E-state index is 0.183. The number of nitrogens with zero attached hydrogens (tertiary/aromatic N) is 1. The molecule has 0 aliphatic heterocycles. The molecule has 1 aromatic heterocycles. The zero-order chi connectivity index (χ0) is 10.8. The summed E-state index contributed by atoms with van der Waals surface area (Å²) in [6, 6.07) is 8.50. The molecular formula is C12H11FN2. The van der Waals surface area contributed by atoms with Gasteiger partial charge < -0.3 is 5.73 Å². The van der Waals surface area contributed by atoms with E-state index in [4.69, 9.17) is 5.73 Å². The van der Waals surface area contributed by atoms with Crippen LogP contribution in [-0.2, 0) is 0 Å². The van der Waals surface area contributed by atoms with Gasteiger partial charge in [0.2, 0.25) is 0 Å². The number of halogens is 1. The second kappa shape index (κ2) is 3.69. The van der Waals surface area contributed by atoms with Crippen molar-refractivity contribution in [3.63, 3.8) is 0 Å². The summed E-state index contributed by atoms with van der Waals surface area (Å²) in [7, 11) is 0. The zero-order valence-corrected chi connectivity index (χ0v) is 8.37. The van der Waals surface area contributed by atoms with Crippen LogP contribution in [0.15, 0.2) is 36.5 Å². The average molecular weight is 202 g/mol. The molecule has 0 fully saturated rings. The number of pyridine rings is 1. The summed E-state index contributed by atoms with van der Waals surface area (Å²) >= 11 is 0. The van der Waals surface area contributed by atoms with Crippen LogP contribution in [0.2, 0.25) is 0 Å². The Balaban J connectivity index is 2.59. The number of anilines is 1. The number of para-hydroxylation sites is 1. The first-order valence-electron chi connectivity index (χ1n) is 4.65. The van der Waals surface area contributed by atoms with E-state index in [1.165, 1.54) is 6.07 Å². The Labute approximate surface area is 87.6 Å². The van der Waals surface area contributed by atoms with Crippen LogP contribution in [0.3, 0.4) is 0 Å². The number of aryl methyl sites for hydroxylation is 1. The maximum Gasteiger partial charge on any atom is 0.146 e. The monoisotopic (exact) mass is 202 g/mol. The van der Waals surface area contributed by atoms with Crippen molar-refractivity contribution < 1.29 is 4.39 Å². The van der Waals surface area contributed by atoms with Crippen molar-refractivity contribution in [2.24, 2.45) is 0 Å². The molecular weight excluding hydrogens is 191 g/mol. The third-order valence-electron chi connectivity index (χ3n) is 2.26. The third-order valence-corrected chi connectivity index (χ3v) is 2.26. The second-order valence-corrected chi connectivity index (χ2v) is 3.39. The quantitative estimate of drug-likeness (QED) is 0.722. The molecule has 0 saturated heterocycles. The summed E-state index contributed by atoms with van der Waals surface area (Å²) in [4.78, 5) is 4.08. The Morgan fingerprint density at radius 3 is 2.80 bits per heavy atom. The highest BCUT2D eigenvalue weighted by molar-refractivity contribution is 5.76. The van der Waals surface area contributed by atoms with E-state index >= 15 is 0 Å². The van der Waals surface area contributed by atoms with Crippen molar-refractivity contribution in [3.8, 4) is 11.1 Å². The maximum absolute atomic E-state index is 13.2. The van der Waals surface area contributed by atoms with Gasteiger partial charge in [0.15, 0.2) is 0 Å². The lowest BCUT2D eigenvalue weighted by molar-refractivity contribution is 0.633. The lowest BCUT2D eigenvalue weighted by Gasteiger charge is -2.06. The Kier molecular flexibility index (Phi) is 2.37. The van der Waals surface area contributed by atoms with Crippen LogP contribution in [0, 0.1) is 12.7 Å². The van der Waals surface area contributed by atoms with Crippen molar-refractivity contribution in [3.05, 3.63) is 48.0 Å². The van der Waals surface area contributed by atoms with Crippen LogP contribution in [0.1, 0.15) is 5.69 Å². The van der Waals surface area contributed by atoms with Gasteiger partial charge in [0.05, 0.1) is 5.69 Å². The summed E-state index contributed by atoms with van der Waals surface area (Å²) in [6.45, 7) is 1.89. The van der Waals surface area contributed by atoms with E-state index in [0.717, 1.165) is 11.3 Å². The first-order valence-corrected chi connectivity index (χ1v) is 4.65. The van der Waals surface area contributed by atoms with Crippen LogP contribution in [0.4, 0.5) is 10.1 Å². The van der Waals surface area contributed by atoms with Gasteiger partial charge >= 0.3 is 0 Å². The first kappa shape index (κ1) is 9.65. The van der Waals surface area contributed by atoms with Crippen LogP contribution in [-0.4, -0.2) is 4.98 Å². The van der Waals surface area contributed by atoms with E-state index in [9.17, 15) is 4.39 Å². The average Bonchev–Trinajstić information content (AvgIpc) is 2.22. The summed E-state index contributed by atoms with van der Waals surface area (Å²) < 4.78 is 13.2. The molecule has 0 atom stereocenters. The Morgan fingerprint density at radius 2 is 2.07 bits per heavy atom. The molecule has 1 aromatic carbocycles. The molecule has 0 radical (unpaired) electrons. The molecule has 3 heteroatoms. The highest BCUT2D eigenvalue weighted by Gasteiger charge is 2.06. The number of nitrogens with two attached hydrogens (primary N) is 1. The molecule has 1 heterocycles. The number of aromatic nitrogens is 1. The van der Waals surface area contributed by atoms with Crippen LogP contribution in [0.5, 0.6) is 0 Å². The lowest BCUT2D eigenvalue weighted by Crippen LogP contribution is -1.94. The van der Waals surface area contributed by atoms with E-state index in [1.807, 2.05) is 19.1 Å². The summed E-state index contributed by atoms with van der Waals surface area (Å²) in [5, 5.41) is 0. The zero-order valence-electron chi connectivity index (χ0n) is 8.37. The van der Waals surface area contributed by atoms with Crippen molar-refractivity contribution in [1.82, 2.24) is 4.98 Å². The molecule has 2 rings (SSSR count). The maximum atomic E-state index is 13.2. The van der Waals surface area contributed by atoms with Gasteiger partial charge in [0.1, 0.15) is 5.82 Å². The topological polar surface area (TPSA) is 38.9 Å². The molecule has 76 valence electrons. The minimum Gasteiger partial charge on any atom is -0.396 e. The highest BCUT2D eigenvalue weighted by atomic mass is 19.1. The highest BCUT2D eigenvalue weighted by Crippen LogP contribution is 2.27. The van der Waals surface area contributed by atoms with Gasteiger partial charge in [0, 0.05) is 17.5 Å². The minimum atomic E-state index is -0.387. The molecule has 0 aliphatic rings. The molecule has 15 heavy (non-hydrogen) atoms. The van der Waals surface area contributed by atoms with Crippen molar-refractivity contribution >= 4 is 5.69 Å². The van der Waals surface area contributed by atoms with Gasteiger partial charge in [-0.25, -0.2) is 4.39 Å². The number of rotatable bonds is 1. The SMILES string of the molecule is Cc1cc(-c2cccc(F)c2N)ccn1. The van der Waals surface area contributed by atoms with E-state index in [-0.39, 0.29) is 11.5 Å². The Morgan fingerprint density at radius 1 is 1.27 bits per heavy atom. The molecule has 0 saturated carbocycles. The molecule has 0 spiro atoms. The Bertz CT molecular complexity index is 495. The lowest BCUT2D eigenvalue weighted by atomic mass is 10.0. The van der Waals surface area contributed by atoms with E-state index in [0.29, 0.717) is 5.56 Å². The van der Waals surface area contributed by atoms with E-state index in [1.54, 1.807) is 18.3 Å². The fourth-order valence-electron chi connectivity index (χ4n) is 1.50. The van der Waals surface area contributed by atoms with E-state index in [2.05, 4.69) is 4.98 Å².